The molecule has 6 nitrogen and oxygen atoms in total. The maximum absolute atomic E-state index is 12.6. The number of anilines is 1. The van der Waals surface area contributed by atoms with E-state index in [2.05, 4.69) is 10.1 Å². The molecule has 0 aliphatic rings. The van der Waals surface area contributed by atoms with Gasteiger partial charge in [0, 0.05) is 10.6 Å². The molecule has 26 heavy (non-hydrogen) atoms. The van der Waals surface area contributed by atoms with Gasteiger partial charge in [0.25, 0.3) is 5.91 Å². The number of rotatable bonds is 6. The molecule has 2 aromatic rings. The molecular formula is C19H19NO5S. The van der Waals surface area contributed by atoms with Gasteiger partial charge in [0.05, 0.1) is 25.3 Å². The van der Waals surface area contributed by atoms with E-state index < -0.39 is 11.2 Å². The summed E-state index contributed by atoms with van der Waals surface area (Å²) in [6.45, 7) is 1.71. The molecule has 2 rings (SSSR count). The first-order chi connectivity index (χ1) is 12.5. The van der Waals surface area contributed by atoms with Gasteiger partial charge >= 0.3 is 11.9 Å². The Bertz CT molecular complexity index is 821. The normalized spacial score (nSPS) is 11.3. The molecule has 0 aliphatic heterocycles. The summed E-state index contributed by atoms with van der Waals surface area (Å²) >= 11 is 1.24. The van der Waals surface area contributed by atoms with E-state index in [9.17, 15) is 14.4 Å². The van der Waals surface area contributed by atoms with E-state index in [1.807, 2.05) is 0 Å². The number of methoxy groups -OCH3 is 2. The van der Waals surface area contributed by atoms with Crippen LogP contribution < -0.4 is 5.32 Å². The number of nitrogens with one attached hydrogen (secondary N) is 1. The van der Waals surface area contributed by atoms with E-state index >= 15 is 0 Å². The highest BCUT2D eigenvalue weighted by Crippen LogP contribution is 2.28. The van der Waals surface area contributed by atoms with E-state index in [1.165, 1.54) is 32.0 Å². The third kappa shape index (κ3) is 4.86. The summed E-state index contributed by atoms with van der Waals surface area (Å²) in [5.74, 6) is -1.19. The van der Waals surface area contributed by atoms with Gasteiger partial charge in [-0.15, -0.1) is 11.8 Å². The van der Waals surface area contributed by atoms with E-state index in [0.29, 0.717) is 21.7 Å². The molecule has 0 saturated carbocycles. The predicted molar refractivity (Wildman–Crippen MR) is 99.5 cm³/mol. The van der Waals surface area contributed by atoms with E-state index in [0.717, 1.165) is 0 Å². The maximum Gasteiger partial charge on any atom is 0.337 e. The zero-order chi connectivity index (χ0) is 19.1. The van der Waals surface area contributed by atoms with Gasteiger partial charge in [-0.25, -0.2) is 4.79 Å². The molecule has 1 N–H and O–H groups in total. The zero-order valence-corrected chi connectivity index (χ0v) is 15.5. The van der Waals surface area contributed by atoms with E-state index in [1.54, 1.807) is 49.4 Å². The first-order valence-corrected chi connectivity index (χ1v) is 8.67. The number of hydrogen-bond acceptors (Lipinski definition) is 6. The minimum Gasteiger partial charge on any atom is -0.468 e. The standard InChI is InChI=1S/C19H19NO5S/c1-12(18(22)24-2)26-16-10-5-4-9-15(16)17(21)20-14-8-6-7-13(11-14)19(23)25-3/h4-12H,1-3H3,(H,20,21)/t12-/m0/s1. The van der Waals surface area contributed by atoms with Gasteiger partial charge < -0.3 is 14.8 Å². The summed E-state index contributed by atoms with van der Waals surface area (Å²) < 4.78 is 9.40. The Morgan fingerprint density at radius 1 is 1.00 bits per heavy atom. The average Bonchev–Trinajstić information content (AvgIpc) is 2.67. The highest BCUT2D eigenvalue weighted by molar-refractivity contribution is 8.00. The Hall–Kier alpha value is -2.80. The van der Waals surface area contributed by atoms with Crippen LogP contribution in [0.2, 0.25) is 0 Å². The number of carbonyl (C=O) groups excluding carboxylic acids is 3. The largest absolute Gasteiger partial charge is 0.468 e. The van der Waals surface area contributed by atoms with Crippen LogP contribution in [0.5, 0.6) is 0 Å². The predicted octanol–water partition coefficient (Wildman–Crippen LogP) is 3.38. The number of hydrogen-bond donors (Lipinski definition) is 1. The monoisotopic (exact) mass is 373 g/mol. The summed E-state index contributed by atoms with van der Waals surface area (Å²) in [7, 11) is 2.62. The van der Waals surface area contributed by atoms with Gasteiger partial charge in [-0.3, -0.25) is 9.59 Å². The van der Waals surface area contributed by atoms with Crippen molar-refractivity contribution < 1.29 is 23.9 Å². The van der Waals surface area contributed by atoms with Crippen molar-refractivity contribution in [3.05, 3.63) is 59.7 Å². The minimum absolute atomic E-state index is 0.340. The second-order valence-corrected chi connectivity index (χ2v) is 6.69. The molecule has 1 atom stereocenters. The van der Waals surface area contributed by atoms with Crippen LogP contribution in [0.15, 0.2) is 53.4 Å². The highest BCUT2D eigenvalue weighted by atomic mass is 32.2. The number of ether oxygens (including phenoxy) is 2. The van der Waals surface area contributed by atoms with Gasteiger partial charge in [0.2, 0.25) is 0 Å². The Labute approximate surface area is 155 Å². The van der Waals surface area contributed by atoms with Crippen molar-refractivity contribution >= 4 is 35.3 Å². The first kappa shape index (κ1) is 19.5. The molecule has 0 spiro atoms. The minimum atomic E-state index is -0.482. The molecule has 0 fully saturated rings. The lowest BCUT2D eigenvalue weighted by Gasteiger charge is -2.13. The second-order valence-electron chi connectivity index (χ2n) is 5.31. The fourth-order valence-corrected chi connectivity index (χ4v) is 3.22. The highest BCUT2D eigenvalue weighted by Gasteiger charge is 2.19. The molecule has 0 unspecified atom stereocenters. The molecule has 136 valence electrons. The van der Waals surface area contributed by atoms with Crippen molar-refractivity contribution in [3.63, 3.8) is 0 Å². The third-order valence-electron chi connectivity index (χ3n) is 3.51. The van der Waals surface area contributed by atoms with Gasteiger partial charge in [-0.2, -0.15) is 0 Å². The summed E-state index contributed by atoms with van der Waals surface area (Å²) in [5, 5.41) is 2.31. The summed E-state index contributed by atoms with van der Waals surface area (Å²) in [4.78, 5) is 36.5. The average molecular weight is 373 g/mol. The molecule has 0 saturated heterocycles. The summed E-state index contributed by atoms with van der Waals surface area (Å²) in [6.07, 6.45) is 0. The Kier molecular flexibility index (Phi) is 6.80. The SMILES string of the molecule is COC(=O)c1cccc(NC(=O)c2ccccc2S[C@@H](C)C(=O)OC)c1. The van der Waals surface area contributed by atoms with Crippen molar-refractivity contribution in [3.8, 4) is 0 Å². The van der Waals surface area contributed by atoms with Gasteiger partial charge in [-0.05, 0) is 37.3 Å². The van der Waals surface area contributed by atoms with Crippen LogP contribution >= 0.6 is 11.8 Å². The van der Waals surface area contributed by atoms with Gasteiger partial charge in [0.15, 0.2) is 0 Å². The summed E-state index contributed by atoms with van der Waals surface area (Å²) in [5.41, 5.74) is 1.24. The van der Waals surface area contributed by atoms with Gasteiger partial charge in [0.1, 0.15) is 5.25 Å². The van der Waals surface area contributed by atoms with Crippen LogP contribution in [0.25, 0.3) is 0 Å². The summed E-state index contributed by atoms with van der Waals surface area (Å²) in [6, 6.07) is 13.4. The lowest BCUT2D eigenvalue weighted by molar-refractivity contribution is -0.139. The number of thioether (sulfide) groups is 1. The Morgan fingerprint density at radius 3 is 2.42 bits per heavy atom. The van der Waals surface area contributed by atoms with Crippen molar-refractivity contribution in [2.24, 2.45) is 0 Å². The molecule has 0 bridgehead atoms. The number of carbonyl (C=O) groups is 3. The molecular weight excluding hydrogens is 354 g/mol. The van der Waals surface area contributed by atoms with Crippen LogP contribution in [0.4, 0.5) is 5.69 Å². The fourth-order valence-electron chi connectivity index (χ4n) is 2.20. The van der Waals surface area contributed by atoms with Crippen LogP contribution in [0.1, 0.15) is 27.6 Å². The van der Waals surface area contributed by atoms with Crippen molar-refractivity contribution in [1.29, 1.82) is 0 Å². The number of benzene rings is 2. The van der Waals surface area contributed by atoms with Crippen molar-refractivity contribution in [1.82, 2.24) is 0 Å². The van der Waals surface area contributed by atoms with Crippen LogP contribution in [-0.4, -0.2) is 37.3 Å². The van der Waals surface area contributed by atoms with E-state index in [-0.39, 0.29) is 11.9 Å². The lowest BCUT2D eigenvalue weighted by atomic mass is 10.1. The number of amides is 1. The molecule has 2 aromatic carbocycles. The molecule has 0 aliphatic carbocycles. The van der Waals surface area contributed by atoms with Gasteiger partial charge in [-0.1, -0.05) is 18.2 Å². The molecule has 1 amide bonds. The Balaban J connectivity index is 2.20. The second kappa shape index (κ2) is 9.05. The molecule has 0 heterocycles. The molecule has 0 radical (unpaired) electrons. The van der Waals surface area contributed by atoms with Crippen LogP contribution in [0.3, 0.4) is 0 Å². The van der Waals surface area contributed by atoms with E-state index in [4.69, 9.17) is 4.74 Å². The van der Waals surface area contributed by atoms with Crippen molar-refractivity contribution in [2.45, 2.75) is 17.1 Å². The van der Waals surface area contributed by atoms with Crippen LogP contribution in [0, 0.1) is 0 Å². The molecule has 0 aromatic heterocycles. The lowest BCUT2D eigenvalue weighted by Crippen LogP contribution is -2.17. The van der Waals surface area contributed by atoms with Crippen LogP contribution in [-0.2, 0) is 14.3 Å². The Morgan fingerprint density at radius 2 is 1.73 bits per heavy atom. The third-order valence-corrected chi connectivity index (χ3v) is 4.67. The fraction of sp³-hybridized carbons (Fsp3) is 0.211. The molecule has 7 heteroatoms. The zero-order valence-electron chi connectivity index (χ0n) is 14.6. The smallest absolute Gasteiger partial charge is 0.337 e. The first-order valence-electron chi connectivity index (χ1n) is 7.79. The van der Waals surface area contributed by atoms with Crippen molar-refractivity contribution in [2.75, 3.05) is 19.5 Å². The quantitative estimate of drug-likeness (QED) is 0.617. The maximum atomic E-state index is 12.6. The topological polar surface area (TPSA) is 81.7 Å². The number of esters is 2.